The van der Waals surface area contributed by atoms with E-state index in [2.05, 4.69) is 4.98 Å². The van der Waals surface area contributed by atoms with Gasteiger partial charge in [0, 0.05) is 30.6 Å². The number of carbonyl (C=O) groups is 1. The highest BCUT2D eigenvalue weighted by Crippen LogP contribution is 2.39. The summed E-state index contributed by atoms with van der Waals surface area (Å²) in [5.41, 5.74) is 3.78. The number of benzene rings is 2. The summed E-state index contributed by atoms with van der Waals surface area (Å²) in [5.74, 6) is -1.46. The molecule has 1 heterocycles. The van der Waals surface area contributed by atoms with Crippen LogP contribution in [0, 0.1) is 15.5 Å². The number of fused-ring (bicyclic) bond motifs is 1. The van der Waals surface area contributed by atoms with E-state index in [1.54, 1.807) is 0 Å². The predicted molar refractivity (Wildman–Crippen MR) is 100 cm³/mol. The molecule has 0 saturated carbocycles. The SMILES string of the molecule is CN(C(=N)N)C(=O)c1cc2c(C(F)(F)F)cc(Oc3ccc([N+](=O)[O-])cc3)cc2[nH]1. The molecule has 0 bridgehead atoms. The van der Waals surface area contributed by atoms with E-state index in [-0.39, 0.29) is 33.8 Å². The minimum absolute atomic E-state index is 0.0259. The molecule has 2 aromatic carbocycles. The minimum atomic E-state index is -4.75. The molecule has 0 aliphatic rings. The molecule has 156 valence electrons. The molecule has 0 saturated heterocycles. The highest BCUT2D eigenvalue weighted by atomic mass is 19.4. The van der Waals surface area contributed by atoms with Crippen LogP contribution in [0.2, 0.25) is 0 Å². The number of non-ortho nitro benzene ring substituents is 1. The number of guanidine groups is 1. The molecule has 0 radical (unpaired) electrons. The van der Waals surface area contributed by atoms with Crippen LogP contribution in [-0.2, 0) is 6.18 Å². The summed E-state index contributed by atoms with van der Waals surface area (Å²) in [6.07, 6.45) is -4.75. The molecule has 0 aliphatic carbocycles. The van der Waals surface area contributed by atoms with Crippen LogP contribution in [0.4, 0.5) is 18.9 Å². The van der Waals surface area contributed by atoms with E-state index >= 15 is 0 Å². The number of nitro benzene ring substituents is 1. The molecule has 1 amide bonds. The van der Waals surface area contributed by atoms with Gasteiger partial charge in [-0.05, 0) is 24.3 Å². The third kappa shape index (κ3) is 4.01. The van der Waals surface area contributed by atoms with Crippen molar-refractivity contribution in [3.63, 3.8) is 0 Å². The molecule has 0 aliphatic heterocycles. The molecular weight excluding hydrogens is 407 g/mol. The molecule has 0 unspecified atom stereocenters. The second-order valence-electron chi connectivity index (χ2n) is 6.22. The minimum Gasteiger partial charge on any atom is -0.457 e. The van der Waals surface area contributed by atoms with Gasteiger partial charge in [-0.2, -0.15) is 13.2 Å². The summed E-state index contributed by atoms with van der Waals surface area (Å²) in [7, 11) is 1.21. The topological polar surface area (TPSA) is 138 Å². The Labute approximate surface area is 166 Å². The molecule has 1 aromatic heterocycles. The second-order valence-corrected chi connectivity index (χ2v) is 6.22. The van der Waals surface area contributed by atoms with Crippen molar-refractivity contribution in [3.8, 4) is 11.5 Å². The number of nitrogens with one attached hydrogen (secondary N) is 2. The van der Waals surface area contributed by atoms with Gasteiger partial charge in [-0.25, -0.2) is 0 Å². The lowest BCUT2D eigenvalue weighted by Crippen LogP contribution is -2.38. The predicted octanol–water partition coefficient (Wildman–Crippen LogP) is 3.85. The number of hydrogen-bond donors (Lipinski definition) is 3. The van der Waals surface area contributed by atoms with Crippen LogP contribution in [0.3, 0.4) is 0 Å². The van der Waals surface area contributed by atoms with Gasteiger partial charge < -0.3 is 15.5 Å². The zero-order valence-electron chi connectivity index (χ0n) is 15.3. The Morgan fingerprint density at radius 3 is 2.37 bits per heavy atom. The number of H-pyrrole nitrogens is 1. The first-order chi connectivity index (χ1) is 14.0. The summed E-state index contributed by atoms with van der Waals surface area (Å²) in [5, 5.41) is 17.7. The van der Waals surface area contributed by atoms with Gasteiger partial charge in [-0.1, -0.05) is 0 Å². The molecule has 4 N–H and O–H groups in total. The Hall–Kier alpha value is -4.09. The van der Waals surface area contributed by atoms with E-state index in [9.17, 15) is 28.1 Å². The number of carbonyl (C=O) groups excluding carboxylic acids is 1. The largest absolute Gasteiger partial charge is 0.457 e. The molecule has 0 atom stereocenters. The van der Waals surface area contributed by atoms with E-state index in [4.69, 9.17) is 15.9 Å². The molecule has 0 spiro atoms. The fourth-order valence-electron chi connectivity index (χ4n) is 2.68. The molecule has 9 nitrogen and oxygen atoms in total. The monoisotopic (exact) mass is 421 g/mol. The Kier molecular flexibility index (Phi) is 5.08. The fourth-order valence-corrected chi connectivity index (χ4v) is 2.68. The van der Waals surface area contributed by atoms with Crippen LogP contribution in [0.25, 0.3) is 10.9 Å². The second kappa shape index (κ2) is 7.39. The van der Waals surface area contributed by atoms with E-state index in [1.807, 2.05) is 0 Å². The summed E-state index contributed by atoms with van der Waals surface area (Å²) < 4.78 is 46.2. The Bertz CT molecular complexity index is 1160. The summed E-state index contributed by atoms with van der Waals surface area (Å²) in [6.45, 7) is 0. The number of aromatic nitrogens is 1. The average molecular weight is 421 g/mol. The van der Waals surface area contributed by atoms with E-state index in [0.29, 0.717) is 0 Å². The lowest BCUT2D eigenvalue weighted by molar-refractivity contribution is -0.384. The normalized spacial score (nSPS) is 11.3. The number of ether oxygens (including phenoxy) is 1. The number of nitro groups is 1. The average Bonchev–Trinajstić information content (AvgIpc) is 3.09. The number of alkyl halides is 3. The molecular formula is C18H14F3N5O4. The van der Waals surface area contributed by atoms with Gasteiger partial charge in [-0.15, -0.1) is 0 Å². The summed E-state index contributed by atoms with van der Waals surface area (Å²) in [6, 6.07) is 7.86. The van der Waals surface area contributed by atoms with E-state index < -0.39 is 28.5 Å². The van der Waals surface area contributed by atoms with E-state index in [1.165, 1.54) is 25.2 Å². The maximum absolute atomic E-state index is 13.6. The van der Waals surface area contributed by atoms with Crippen LogP contribution in [-0.4, -0.2) is 33.7 Å². The van der Waals surface area contributed by atoms with Crippen LogP contribution in [0.15, 0.2) is 42.5 Å². The van der Waals surface area contributed by atoms with Gasteiger partial charge in [0.2, 0.25) is 0 Å². The van der Waals surface area contributed by atoms with Gasteiger partial charge in [0.25, 0.3) is 11.6 Å². The van der Waals surface area contributed by atoms with Crippen molar-refractivity contribution in [1.29, 1.82) is 5.41 Å². The number of halogens is 3. The van der Waals surface area contributed by atoms with Crippen molar-refractivity contribution < 1.29 is 27.6 Å². The van der Waals surface area contributed by atoms with Crippen molar-refractivity contribution in [2.24, 2.45) is 5.73 Å². The lowest BCUT2D eigenvalue weighted by Gasteiger charge is -2.12. The zero-order chi connectivity index (χ0) is 22.2. The summed E-state index contributed by atoms with van der Waals surface area (Å²) in [4.78, 5) is 25.7. The van der Waals surface area contributed by atoms with Crippen molar-refractivity contribution in [3.05, 3.63) is 63.8 Å². The van der Waals surface area contributed by atoms with Crippen molar-refractivity contribution >= 4 is 28.5 Å². The third-order valence-corrected chi connectivity index (χ3v) is 4.20. The lowest BCUT2D eigenvalue weighted by atomic mass is 10.1. The smallest absolute Gasteiger partial charge is 0.417 e. The van der Waals surface area contributed by atoms with Crippen LogP contribution >= 0.6 is 0 Å². The molecule has 12 heteroatoms. The number of aromatic amines is 1. The van der Waals surface area contributed by atoms with Gasteiger partial charge in [0.05, 0.1) is 16.0 Å². The fraction of sp³-hybridized carbons (Fsp3) is 0.111. The standard InChI is InChI=1S/C18H14F3N5O4/c1-25(17(22)23)16(27)15-8-12-13(18(19,20)21)6-11(7-14(12)24-15)30-10-4-2-9(3-5-10)26(28)29/h2-8,24H,1H3,(H3,22,23). The van der Waals surface area contributed by atoms with Crippen molar-refractivity contribution in [2.45, 2.75) is 6.18 Å². The Morgan fingerprint density at radius 1 is 1.20 bits per heavy atom. The maximum Gasteiger partial charge on any atom is 0.417 e. The highest BCUT2D eigenvalue weighted by Gasteiger charge is 2.34. The van der Waals surface area contributed by atoms with Crippen LogP contribution in [0.5, 0.6) is 11.5 Å². The number of hydrogen-bond acceptors (Lipinski definition) is 5. The molecule has 3 aromatic rings. The van der Waals surface area contributed by atoms with Crippen LogP contribution in [0.1, 0.15) is 16.1 Å². The van der Waals surface area contributed by atoms with Crippen molar-refractivity contribution in [1.82, 2.24) is 9.88 Å². The highest BCUT2D eigenvalue weighted by molar-refractivity contribution is 6.06. The number of nitrogens with zero attached hydrogens (tertiary/aromatic N) is 2. The zero-order valence-corrected chi connectivity index (χ0v) is 15.3. The summed E-state index contributed by atoms with van der Waals surface area (Å²) >= 11 is 0. The van der Waals surface area contributed by atoms with Crippen LogP contribution < -0.4 is 10.5 Å². The first-order valence-corrected chi connectivity index (χ1v) is 8.25. The first-order valence-electron chi connectivity index (χ1n) is 8.25. The Balaban J connectivity index is 2.05. The number of amides is 1. The molecule has 0 fully saturated rings. The van der Waals surface area contributed by atoms with Crippen molar-refractivity contribution in [2.75, 3.05) is 7.05 Å². The Morgan fingerprint density at radius 2 is 1.83 bits per heavy atom. The molecule has 30 heavy (non-hydrogen) atoms. The first kappa shape index (κ1) is 20.6. The van der Waals surface area contributed by atoms with Gasteiger partial charge in [0.1, 0.15) is 17.2 Å². The van der Waals surface area contributed by atoms with Gasteiger partial charge >= 0.3 is 6.18 Å². The van der Waals surface area contributed by atoms with Gasteiger partial charge in [-0.3, -0.25) is 25.2 Å². The number of nitrogens with two attached hydrogens (primary N) is 1. The quantitative estimate of drug-likeness (QED) is 0.254. The third-order valence-electron chi connectivity index (χ3n) is 4.20. The maximum atomic E-state index is 13.6. The van der Waals surface area contributed by atoms with Gasteiger partial charge in [0.15, 0.2) is 5.96 Å². The van der Waals surface area contributed by atoms with E-state index in [0.717, 1.165) is 29.2 Å². The number of rotatable bonds is 4. The molecule has 3 rings (SSSR count).